The standard InChI is InChI=1S/C15H28N4O2S/c1-12(10-18(5)15(2,3)4)11-21-14-13(16-22-17-14)19-6-8-20-9-7-19/h12H,6-11H2,1-5H3/t12-/m0/s1. The Morgan fingerprint density at radius 1 is 1.32 bits per heavy atom. The Kier molecular flexibility index (Phi) is 6.00. The minimum atomic E-state index is 0.176. The highest BCUT2D eigenvalue weighted by molar-refractivity contribution is 6.99. The lowest BCUT2D eigenvalue weighted by Gasteiger charge is -2.33. The number of rotatable bonds is 6. The SMILES string of the molecule is C[C@H](COc1nsnc1N1CCOCC1)CN(C)C(C)(C)C. The summed E-state index contributed by atoms with van der Waals surface area (Å²) in [7, 11) is 2.15. The maximum atomic E-state index is 5.93. The van der Waals surface area contributed by atoms with E-state index >= 15 is 0 Å². The van der Waals surface area contributed by atoms with Gasteiger partial charge in [-0.05, 0) is 27.8 Å². The second-order valence-corrected chi connectivity index (χ2v) is 7.49. The summed E-state index contributed by atoms with van der Waals surface area (Å²) in [4.78, 5) is 4.54. The van der Waals surface area contributed by atoms with E-state index in [0.717, 1.165) is 38.7 Å². The lowest BCUT2D eigenvalue weighted by atomic mass is 10.0. The van der Waals surface area contributed by atoms with Gasteiger partial charge in [-0.15, -0.1) is 4.37 Å². The molecule has 1 fully saturated rings. The molecule has 1 aliphatic heterocycles. The average molecular weight is 328 g/mol. The predicted molar refractivity (Wildman–Crippen MR) is 90.0 cm³/mol. The molecule has 7 heteroatoms. The van der Waals surface area contributed by atoms with Crippen LogP contribution in [0.25, 0.3) is 0 Å². The molecule has 1 saturated heterocycles. The van der Waals surface area contributed by atoms with Gasteiger partial charge in [0.2, 0.25) is 5.82 Å². The third-order valence-electron chi connectivity index (χ3n) is 3.99. The summed E-state index contributed by atoms with van der Waals surface area (Å²) >= 11 is 1.21. The first-order valence-electron chi connectivity index (χ1n) is 7.87. The molecule has 1 aliphatic rings. The Bertz CT molecular complexity index is 455. The molecular weight excluding hydrogens is 300 g/mol. The maximum Gasteiger partial charge on any atom is 0.270 e. The van der Waals surface area contributed by atoms with Crippen LogP contribution in [0, 0.1) is 5.92 Å². The Morgan fingerprint density at radius 2 is 2.00 bits per heavy atom. The third-order valence-corrected chi connectivity index (χ3v) is 4.49. The van der Waals surface area contributed by atoms with Crippen molar-refractivity contribution in [2.24, 2.45) is 5.92 Å². The summed E-state index contributed by atoms with van der Waals surface area (Å²) in [6, 6.07) is 0. The van der Waals surface area contributed by atoms with Gasteiger partial charge < -0.3 is 19.3 Å². The van der Waals surface area contributed by atoms with E-state index in [2.05, 4.69) is 53.3 Å². The largest absolute Gasteiger partial charge is 0.474 e. The summed E-state index contributed by atoms with van der Waals surface area (Å²) in [6.07, 6.45) is 0. The first kappa shape index (κ1) is 17.4. The van der Waals surface area contributed by atoms with Crippen LogP contribution in [-0.4, -0.2) is 65.7 Å². The van der Waals surface area contributed by atoms with Crippen LogP contribution in [0.4, 0.5) is 5.82 Å². The Balaban J connectivity index is 1.85. The Morgan fingerprint density at radius 3 is 2.64 bits per heavy atom. The number of hydrogen-bond acceptors (Lipinski definition) is 7. The van der Waals surface area contributed by atoms with E-state index in [-0.39, 0.29) is 5.54 Å². The Labute approximate surface area is 137 Å². The van der Waals surface area contributed by atoms with Crippen LogP contribution in [0.15, 0.2) is 0 Å². The van der Waals surface area contributed by atoms with Crippen molar-refractivity contribution in [1.82, 2.24) is 13.6 Å². The molecule has 0 amide bonds. The van der Waals surface area contributed by atoms with E-state index in [1.807, 2.05) is 0 Å². The van der Waals surface area contributed by atoms with Crippen LogP contribution in [-0.2, 0) is 4.74 Å². The second-order valence-electron chi connectivity index (χ2n) is 6.96. The molecule has 0 spiro atoms. The molecule has 6 nitrogen and oxygen atoms in total. The van der Waals surface area contributed by atoms with Crippen molar-refractivity contribution in [3.8, 4) is 5.88 Å². The number of hydrogen-bond donors (Lipinski definition) is 0. The summed E-state index contributed by atoms with van der Waals surface area (Å²) in [5, 5.41) is 0. The van der Waals surface area contributed by atoms with Crippen LogP contribution in [0.5, 0.6) is 5.88 Å². The molecule has 0 radical (unpaired) electrons. The highest BCUT2D eigenvalue weighted by atomic mass is 32.1. The van der Waals surface area contributed by atoms with E-state index < -0.39 is 0 Å². The molecule has 0 aliphatic carbocycles. The summed E-state index contributed by atoms with van der Waals surface area (Å²) in [5.41, 5.74) is 0.176. The molecule has 0 aromatic carbocycles. The molecule has 1 atom stereocenters. The van der Waals surface area contributed by atoms with Gasteiger partial charge in [-0.1, -0.05) is 6.92 Å². The van der Waals surface area contributed by atoms with Gasteiger partial charge in [0, 0.05) is 31.1 Å². The van der Waals surface area contributed by atoms with E-state index in [4.69, 9.17) is 9.47 Å². The summed E-state index contributed by atoms with van der Waals surface area (Å²) in [5.74, 6) is 1.96. The number of ether oxygens (including phenoxy) is 2. The smallest absolute Gasteiger partial charge is 0.270 e. The first-order chi connectivity index (χ1) is 10.4. The second kappa shape index (κ2) is 7.57. The number of nitrogens with zero attached hydrogens (tertiary/aromatic N) is 4. The zero-order valence-corrected chi connectivity index (χ0v) is 15.2. The molecular formula is C15H28N4O2S. The molecule has 2 heterocycles. The predicted octanol–water partition coefficient (Wildman–Crippen LogP) is 2.12. The average Bonchev–Trinajstić information content (AvgIpc) is 2.93. The topological polar surface area (TPSA) is 50.7 Å². The van der Waals surface area contributed by atoms with Crippen molar-refractivity contribution in [1.29, 1.82) is 0 Å². The van der Waals surface area contributed by atoms with Gasteiger partial charge in [0.1, 0.15) is 0 Å². The zero-order chi connectivity index (χ0) is 16.2. The van der Waals surface area contributed by atoms with Crippen molar-refractivity contribution >= 4 is 17.5 Å². The van der Waals surface area contributed by atoms with Crippen molar-refractivity contribution < 1.29 is 9.47 Å². The normalized spacial score (nSPS) is 17.8. The molecule has 0 bridgehead atoms. The fourth-order valence-electron chi connectivity index (χ4n) is 2.25. The molecule has 0 unspecified atom stereocenters. The highest BCUT2D eigenvalue weighted by Crippen LogP contribution is 2.26. The summed E-state index contributed by atoms with van der Waals surface area (Å²) in [6.45, 7) is 13.7. The molecule has 0 N–H and O–H groups in total. The lowest BCUT2D eigenvalue weighted by molar-refractivity contribution is 0.120. The molecule has 22 heavy (non-hydrogen) atoms. The number of morpholine rings is 1. The van der Waals surface area contributed by atoms with E-state index in [0.29, 0.717) is 18.4 Å². The number of aromatic nitrogens is 2. The molecule has 126 valence electrons. The highest BCUT2D eigenvalue weighted by Gasteiger charge is 2.22. The Hall–Kier alpha value is -0.920. The van der Waals surface area contributed by atoms with Crippen LogP contribution in [0.1, 0.15) is 27.7 Å². The van der Waals surface area contributed by atoms with Gasteiger partial charge in [0.05, 0.1) is 31.5 Å². The molecule has 1 aromatic heterocycles. The maximum absolute atomic E-state index is 5.93. The molecule has 2 rings (SSSR count). The zero-order valence-electron chi connectivity index (χ0n) is 14.3. The van der Waals surface area contributed by atoms with Crippen LogP contribution in [0.2, 0.25) is 0 Å². The van der Waals surface area contributed by atoms with Crippen molar-refractivity contribution in [3.05, 3.63) is 0 Å². The minimum absolute atomic E-state index is 0.176. The van der Waals surface area contributed by atoms with Gasteiger partial charge in [0.25, 0.3) is 5.88 Å². The van der Waals surface area contributed by atoms with Crippen LogP contribution in [0.3, 0.4) is 0 Å². The van der Waals surface area contributed by atoms with Gasteiger partial charge >= 0.3 is 0 Å². The van der Waals surface area contributed by atoms with Crippen molar-refractivity contribution in [2.75, 3.05) is 51.4 Å². The van der Waals surface area contributed by atoms with Crippen molar-refractivity contribution in [3.63, 3.8) is 0 Å². The first-order valence-corrected chi connectivity index (χ1v) is 8.60. The van der Waals surface area contributed by atoms with Crippen LogP contribution < -0.4 is 9.64 Å². The lowest BCUT2D eigenvalue weighted by Crippen LogP contribution is -2.41. The van der Waals surface area contributed by atoms with Crippen LogP contribution >= 0.6 is 11.7 Å². The van der Waals surface area contributed by atoms with Gasteiger partial charge in [0.15, 0.2) is 0 Å². The fourth-order valence-corrected chi connectivity index (χ4v) is 2.77. The van der Waals surface area contributed by atoms with E-state index in [9.17, 15) is 0 Å². The van der Waals surface area contributed by atoms with Crippen molar-refractivity contribution in [2.45, 2.75) is 33.2 Å². The molecule has 0 saturated carbocycles. The monoisotopic (exact) mass is 328 g/mol. The number of anilines is 1. The van der Waals surface area contributed by atoms with E-state index in [1.165, 1.54) is 11.7 Å². The van der Waals surface area contributed by atoms with E-state index in [1.54, 1.807) is 0 Å². The third kappa shape index (κ3) is 4.79. The minimum Gasteiger partial charge on any atom is -0.474 e. The van der Waals surface area contributed by atoms with Gasteiger partial charge in [-0.3, -0.25) is 0 Å². The van der Waals surface area contributed by atoms with Gasteiger partial charge in [-0.2, -0.15) is 4.37 Å². The molecule has 1 aromatic rings. The fraction of sp³-hybridized carbons (Fsp3) is 0.867. The quantitative estimate of drug-likeness (QED) is 0.797. The summed E-state index contributed by atoms with van der Waals surface area (Å²) < 4.78 is 20.0. The van der Waals surface area contributed by atoms with Gasteiger partial charge in [-0.25, -0.2) is 0 Å².